The summed E-state index contributed by atoms with van der Waals surface area (Å²) in [4.78, 5) is 22.6. The zero-order valence-electron chi connectivity index (χ0n) is 9.79. The fraction of sp³-hybridized carbons (Fsp3) is 0.700. The Balaban J connectivity index is 4.03. The normalized spacial score (nSPS) is 10.4. The maximum atomic E-state index is 11.4. The zero-order chi connectivity index (χ0) is 12.6. The van der Waals surface area contributed by atoms with Crippen LogP contribution in [-0.4, -0.2) is 37.1 Å². The number of hydrogen-bond acceptors (Lipinski definition) is 5. The molecule has 0 aliphatic rings. The van der Waals surface area contributed by atoms with Crippen LogP contribution in [0.5, 0.6) is 0 Å². The smallest absolute Gasteiger partial charge is 0.325 e. The van der Waals surface area contributed by atoms with Crippen molar-refractivity contribution in [1.82, 2.24) is 10.6 Å². The molecule has 0 saturated heterocycles. The maximum Gasteiger partial charge on any atom is 0.325 e. The van der Waals surface area contributed by atoms with Gasteiger partial charge < -0.3 is 10.1 Å². The lowest BCUT2D eigenvalue weighted by atomic mass is 10.1. The lowest BCUT2D eigenvalue weighted by Gasteiger charge is -2.23. The Morgan fingerprint density at radius 1 is 1.44 bits per heavy atom. The van der Waals surface area contributed by atoms with E-state index >= 15 is 0 Å². The second-order valence-electron chi connectivity index (χ2n) is 3.63. The van der Waals surface area contributed by atoms with E-state index in [0.29, 0.717) is 6.61 Å². The fourth-order valence-corrected chi connectivity index (χ4v) is 0.886. The molecule has 0 spiro atoms. The standard InChI is InChI=1S/C10H17N3O3/c1-4-16-9(15)10(2,3)13-7-8(14)12-6-5-11/h13H,4,6-7H2,1-3H3,(H,12,14). The molecule has 6 nitrogen and oxygen atoms in total. The first-order valence-electron chi connectivity index (χ1n) is 5.00. The number of ether oxygens (including phenoxy) is 1. The molecule has 0 heterocycles. The van der Waals surface area contributed by atoms with Crippen LogP contribution in [0.3, 0.4) is 0 Å². The quantitative estimate of drug-likeness (QED) is 0.474. The molecule has 0 aromatic heterocycles. The van der Waals surface area contributed by atoms with Gasteiger partial charge in [0, 0.05) is 0 Å². The van der Waals surface area contributed by atoms with Crippen LogP contribution in [-0.2, 0) is 14.3 Å². The molecule has 0 radical (unpaired) electrons. The van der Waals surface area contributed by atoms with Crippen molar-refractivity contribution in [3.8, 4) is 6.07 Å². The molecule has 0 unspecified atom stereocenters. The number of hydrogen-bond donors (Lipinski definition) is 2. The van der Waals surface area contributed by atoms with Crippen molar-refractivity contribution in [2.24, 2.45) is 0 Å². The van der Waals surface area contributed by atoms with Gasteiger partial charge in [-0.05, 0) is 20.8 Å². The molecule has 6 heteroatoms. The van der Waals surface area contributed by atoms with Crippen LogP contribution in [0, 0.1) is 11.3 Å². The summed E-state index contributed by atoms with van der Waals surface area (Å²) < 4.78 is 4.83. The van der Waals surface area contributed by atoms with E-state index in [4.69, 9.17) is 10.00 Å². The lowest BCUT2D eigenvalue weighted by molar-refractivity contribution is -0.149. The average Bonchev–Trinajstić information content (AvgIpc) is 2.24. The number of amides is 1. The van der Waals surface area contributed by atoms with Crippen molar-refractivity contribution in [3.63, 3.8) is 0 Å². The summed E-state index contributed by atoms with van der Waals surface area (Å²) in [6.07, 6.45) is 0. The van der Waals surface area contributed by atoms with Crippen LogP contribution in [0.25, 0.3) is 0 Å². The monoisotopic (exact) mass is 227 g/mol. The lowest BCUT2D eigenvalue weighted by Crippen LogP contribution is -2.51. The van der Waals surface area contributed by atoms with Gasteiger partial charge in [-0.2, -0.15) is 5.26 Å². The Hall–Kier alpha value is -1.61. The minimum atomic E-state index is -0.917. The third-order valence-corrected chi connectivity index (χ3v) is 1.84. The Morgan fingerprint density at radius 2 is 2.06 bits per heavy atom. The molecular weight excluding hydrogens is 210 g/mol. The molecule has 0 rings (SSSR count). The summed E-state index contributed by atoms with van der Waals surface area (Å²) in [5, 5.41) is 13.4. The Bertz CT molecular complexity index is 294. The van der Waals surface area contributed by atoms with Gasteiger partial charge in [0.1, 0.15) is 12.1 Å². The van der Waals surface area contributed by atoms with Gasteiger partial charge in [-0.3, -0.25) is 14.9 Å². The highest BCUT2D eigenvalue weighted by Crippen LogP contribution is 2.04. The molecular formula is C10H17N3O3. The Kier molecular flexibility index (Phi) is 6.11. The van der Waals surface area contributed by atoms with Crippen molar-refractivity contribution < 1.29 is 14.3 Å². The fourth-order valence-electron chi connectivity index (χ4n) is 0.886. The molecule has 0 saturated carbocycles. The van der Waals surface area contributed by atoms with Gasteiger partial charge in [0.25, 0.3) is 0 Å². The van der Waals surface area contributed by atoms with E-state index in [1.165, 1.54) is 0 Å². The third-order valence-electron chi connectivity index (χ3n) is 1.84. The number of rotatable bonds is 6. The molecule has 2 N–H and O–H groups in total. The van der Waals surface area contributed by atoms with E-state index in [1.54, 1.807) is 26.8 Å². The number of carbonyl (C=O) groups excluding carboxylic acids is 2. The molecule has 1 amide bonds. The van der Waals surface area contributed by atoms with Gasteiger partial charge >= 0.3 is 5.97 Å². The number of carbonyl (C=O) groups is 2. The zero-order valence-corrected chi connectivity index (χ0v) is 9.79. The van der Waals surface area contributed by atoms with Crippen molar-refractivity contribution in [3.05, 3.63) is 0 Å². The van der Waals surface area contributed by atoms with Crippen molar-refractivity contribution in [1.29, 1.82) is 5.26 Å². The van der Waals surface area contributed by atoms with Crippen LogP contribution < -0.4 is 10.6 Å². The van der Waals surface area contributed by atoms with E-state index in [2.05, 4.69) is 10.6 Å². The third kappa shape index (κ3) is 5.32. The number of nitrogens with zero attached hydrogens (tertiary/aromatic N) is 1. The summed E-state index contributed by atoms with van der Waals surface area (Å²) in [6, 6.07) is 1.79. The molecule has 0 aliphatic carbocycles. The van der Waals surface area contributed by atoms with E-state index < -0.39 is 11.5 Å². The number of nitrogens with one attached hydrogen (secondary N) is 2. The summed E-state index contributed by atoms with van der Waals surface area (Å²) in [5.41, 5.74) is -0.917. The summed E-state index contributed by atoms with van der Waals surface area (Å²) in [6.45, 7) is 5.19. The molecule has 90 valence electrons. The first-order valence-corrected chi connectivity index (χ1v) is 5.00. The second-order valence-corrected chi connectivity index (χ2v) is 3.63. The minimum Gasteiger partial charge on any atom is -0.465 e. The summed E-state index contributed by atoms with van der Waals surface area (Å²) in [5.74, 6) is -0.748. The molecule has 16 heavy (non-hydrogen) atoms. The predicted octanol–water partition coefficient (Wildman–Crippen LogP) is -0.443. The van der Waals surface area contributed by atoms with E-state index in [1.807, 2.05) is 0 Å². The molecule has 0 fully saturated rings. The van der Waals surface area contributed by atoms with E-state index in [-0.39, 0.29) is 19.0 Å². The summed E-state index contributed by atoms with van der Waals surface area (Å²) in [7, 11) is 0. The topological polar surface area (TPSA) is 91.2 Å². The molecule has 0 aliphatic heterocycles. The van der Waals surface area contributed by atoms with E-state index in [9.17, 15) is 9.59 Å². The highest BCUT2D eigenvalue weighted by molar-refractivity contribution is 5.82. The SMILES string of the molecule is CCOC(=O)C(C)(C)NCC(=O)NCC#N. The first-order chi connectivity index (χ1) is 7.44. The van der Waals surface area contributed by atoms with Crippen LogP contribution in [0.2, 0.25) is 0 Å². The highest BCUT2D eigenvalue weighted by Gasteiger charge is 2.28. The van der Waals surface area contributed by atoms with Gasteiger partial charge in [0.15, 0.2) is 0 Å². The van der Waals surface area contributed by atoms with Crippen LogP contribution in [0.4, 0.5) is 0 Å². The van der Waals surface area contributed by atoms with Crippen LogP contribution in [0.1, 0.15) is 20.8 Å². The second kappa shape index (κ2) is 6.80. The van der Waals surface area contributed by atoms with Crippen molar-refractivity contribution in [2.75, 3.05) is 19.7 Å². The van der Waals surface area contributed by atoms with Gasteiger partial charge in [0.05, 0.1) is 19.2 Å². The van der Waals surface area contributed by atoms with Crippen LogP contribution >= 0.6 is 0 Å². The Morgan fingerprint density at radius 3 is 2.56 bits per heavy atom. The van der Waals surface area contributed by atoms with Gasteiger partial charge in [0.2, 0.25) is 5.91 Å². The molecule has 0 atom stereocenters. The van der Waals surface area contributed by atoms with Crippen molar-refractivity contribution in [2.45, 2.75) is 26.3 Å². The largest absolute Gasteiger partial charge is 0.465 e. The molecule has 0 aromatic carbocycles. The van der Waals surface area contributed by atoms with Crippen molar-refractivity contribution >= 4 is 11.9 Å². The average molecular weight is 227 g/mol. The minimum absolute atomic E-state index is 0.0342. The van der Waals surface area contributed by atoms with Gasteiger partial charge in [-0.25, -0.2) is 0 Å². The predicted molar refractivity (Wildman–Crippen MR) is 57.3 cm³/mol. The molecule has 0 aromatic rings. The van der Waals surface area contributed by atoms with E-state index in [0.717, 1.165) is 0 Å². The molecule has 0 bridgehead atoms. The highest BCUT2D eigenvalue weighted by atomic mass is 16.5. The van der Waals surface area contributed by atoms with Gasteiger partial charge in [-0.15, -0.1) is 0 Å². The summed E-state index contributed by atoms with van der Waals surface area (Å²) >= 11 is 0. The van der Waals surface area contributed by atoms with Gasteiger partial charge in [-0.1, -0.05) is 0 Å². The van der Waals surface area contributed by atoms with Crippen LogP contribution in [0.15, 0.2) is 0 Å². The maximum absolute atomic E-state index is 11.4. The number of nitriles is 1. The first kappa shape index (κ1) is 14.4. The number of esters is 1. The Labute approximate surface area is 95.0 Å².